The zero-order valence-corrected chi connectivity index (χ0v) is 6.90. The van der Waals surface area contributed by atoms with Crippen molar-refractivity contribution in [2.24, 2.45) is 0 Å². The molecule has 1 fully saturated rings. The van der Waals surface area contributed by atoms with Crippen LogP contribution in [0.1, 0.15) is 20.7 Å². The number of likely N-dealkylation sites (tertiary alicyclic amines) is 1. The Morgan fingerprint density at radius 3 is 2.70 bits per heavy atom. The van der Waals surface area contributed by atoms with E-state index in [9.17, 15) is 0 Å². The Hall–Kier alpha value is -0.0800. The lowest BCUT2D eigenvalue weighted by molar-refractivity contribution is 0.333. The molecule has 0 amide bonds. The summed E-state index contributed by atoms with van der Waals surface area (Å²) < 4.78 is 0. The van der Waals surface area contributed by atoms with E-state index in [0.29, 0.717) is 0 Å². The predicted octanol–water partition coefficient (Wildman–Crippen LogP) is 0.938. The van der Waals surface area contributed by atoms with Crippen LogP contribution in [0.15, 0.2) is 0 Å². The van der Waals surface area contributed by atoms with Gasteiger partial charge in [-0.2, -0.15) is 0 Å². The standard InChI is InChI=1S/C8H18N2.H2/c1-9-5-4-8-10-6-2-3-7-10;/h9H,2-8H2,1H3;1H. The first-order chi connectivity index (χ1) is 4.93. The highest BCUT2D eigenvalue weighted by atomic mass is 15.1. The maximum atomic E-state index is 3.16. The average Bonchev–Trinajstić information content (AvgIpc) is 2.41. The van der Waals surface area contributed by atoms with Crippen molar-refractivity contribution < 1.29 is 1.43 Å². The zero-order chi connectivity index (χ0) is 7.23. The maximum absolute atomic E-state index is 3.16. The van der Waals surface area contributed by atoms with Crippen LogP contribution in [0.25, 0.3) is 0 Å². The summed E-state index contributed by atoms with van der Waals surface area (Å²) >= 11 is 0. The molecule has 62 valence electrons. The van der Waals surface area contributed by atoms with Crippen molar-refractivity contribution in [1.82, 2.24) is 10.2 Å². The van der Waals surface area contributed by atoms with Crippen LogP contribution in [0.2, 0.25) is 0 Å². The van der Waals surface area contributed by atoms with Crippen LogP contribution in [-0.2, 0) is 0 Å². The Balaban J connectivity index is 0.000001000. The predicted molar refractivity (Wildman–Crippen MR) is 46.3 cm³/mol. The van der Waals surface area contributed by atoms with E-state index in [0.717, 1.165) is 6.54 Å². The normalized spacial score (nSPS) is 20.1. The van der Waals surface area contributed by atoms with E-state index in [1.807, 2.05) is 7.05 Å². The van der Waals surface area contributed by atoms with Gasteiger partial charge in [-0.25, -0.2) is 0 Å². The third kappa shape index (κ3) is 2.67. The zero-order valence-electron chi connectivity index (χ0n) is 6.90. The molecule has 1 N–H and O–H groups in total. The lowest BCUT2D eigenvalue weighted by Gasteiger charge is -2.13. The molecule has 1 heterocycles. The summed E-state index contributed by atoms with van der Waals surface area (Å²) in [7, 11) is 2.02. The summed E-state index contributed by atoms with van der Waals surface area (Å²) in [6.45, 7) is 5.13. The Kier molecular flexibility index (Phi) is 3.76. The fourth-order valence-electron chi connectivity index (χ4n) is 1.49. The van der Waals surface area contributed by atoms with Gasteiger partial charge in [-0.1, -0.05) is 0 Å². The molecule has 0 aliphatic carbocycles. The Labute approximate surface area is 65.1 Å². The van der Waals surface area contributed by atoms with Crippen LogP contribution in [0.4, 0.5) is 0 Å². The molecule has 1 aliphatic rings. The minimum absolute atomic E-state index is 0. The van der Waals surface area contributed by atoms with Crippen molar-refractivity contribution in [2.45, 2.75) is 19.3 Å². The molecule has 0 unspecified atom stereocenters. The van der Waals surface area contributed by atoms with Gasteiger partial charge >= 0.3 is 0 Å². The summed E-state index contributed by atoms with van der Waals surface area (Å²) in [6, 6.07) is 0. The molecule has 1 rings (SSSR count). The molecule has 0 aromatic rings. The van der Waals surface area contributed by atoms with Crippen molar-refractivity contribution >= 4 is 0 Å². The first-order valence-electron chi connectivity index (χ1n) is 4.30. The molecular formula is C8H20N2. The summed E-state index contributed by atoms with van der Waals surface area (Å²) in [5.74, 6) is 0. The first-order valence-corrected chi connectivity index (χ1v) is 4.30. The molecule has 2 nitrogen and oxygen atoms in total. The molecule has 0 saturated carbocycles. The Bertz CT molecular complexity index is 82.2. The number of nitrogens with one attached hydrogen (secondary N) is 1. The van der Waals surface area contributed by atoms with Crippen molar-refractivity contribution in [3.05, 3.63) is 0 Å². The van der Waals surface area contributed by atoms with Gasteiger partial charge in [0, 0.05) is 1.43 Å². The number of rotatable bonds is 4. The van der Waals surface area contributed by atoms with Crippen LogP contribution in [0.3, 0.4) is 0 Å². The lowest BCUT2D eigenvalue weighted by atomic mass is 10.4. The van der Waals surface area contributed by atoms with Gasteiger partial charge in [-0.3, -0.25) is 0 Å². The molecule has 1 aliphatic heterocycles. The van der Waals surface area contributed by atoms with E-state index in [-0.39, 0.29) is 1.43 Å². The second kappa shape index (κ2) is 4.69. The third-order valence-corrected chi connectivity index (χ3v) is 2.10. The van der Waals surface area contributed by atoms with Gasteiger partial charge in [-0.15, -0.1) is 0 Å². The van der Waals surface area contributed by atoms with Gasteiger partial charge in [0.1, 0.15) is 0 Å². The number of nitrogens with zero attached hydrogens (tertiary/aromatic N) is 1. The Morgan fingerprint density at radius 1 is 1.40 bits per heavy atom. The highest BCUT2D eigenvalue weighted by molar-refractivity contribution is 4.65. The highest BCUT2D eigenvalue weighted by Crippen LogP contribution is 2.06. The SMILES string of the molecule is CNCCCN1CCCC1.[HH]. The van der Waals surface area contributed by atoms with Gasteiger partial charge in [0.25, 0.3) is 0 Å². The average molecular weight is 144 g/mol. The van der Waals surface area contributed by atoms with Crippen LogP contribution >= 0.6 is 0 Å². The molecule has 0 bridgehead atoms. The molecule has 10 heavy (non-hydrogen) atoms. The maximum Gasteiger partial charge on any atom is 0 e. The second-order valence-electron chi connectivity index (χ2n) is 3.01. The van der Waals surface area contributed by atoms with Crippen molar-refractivity contribution in [3.63, 3.8) is 0 Å². The number of hydrogen-bond donors (Lipinski definition) is 1. The summed E-state index contributed by atoms with van der Waals surface area (Å²) in [5, 5.41) is 3.16. The molecule has 1 saturated heterocycles. The van der Waals surface area contributed by atoms with E-state index in [2.05, 4.69) is 10.2 Å². The minimum Gasteiger partial charge on any atom is -0.320 e. The summed E-state index contributed by atoms with van der Waals surface area (Å²) in [5.41, 5.74) is 0. The van der Waals surface area contributed by atoms with Crippen molar-refractivity contribution in [2.75, 3.05) is 33.2 Å². The largest absolute Gasteiger partial charge is 0.320 e. The fraction of sp³-hybridized carbons (Fsp3) is 1.00. The Morgan fingerprint density at radius 2 is 2.10 bits per heavy atom. The molecule has 0 atom stereocenters. The second-order valence-corrected chi connectivity index (χ2v) is 3.01. The first kappa shape index (κ1) is 8.02. The molecule has 0 spiro atoms. The van der Waals surface area contributed by atoms with Gasteiger partial charge in [0.15, 0.2) is 0 Å². The molecule has 0 aromatic heterocycles. The summed E-state index contributed by atoms with van der Waals surface area (Å²) in [6.07, 6.45) is 4.13. The van der Waals surface area contributed by atoms with E-state index in [1.165, 1.54) is 38.9 Å². The molecule has 2 heteroatoms. The van der Waals surface area contributed by atoms with Crippen LogP contribution in [0, 0.1) is 0 Å². The van der Waals surface area contributed by atoms with E-state index >= 15 is 0 Å². The van der Waals surface area contributed by atoms with Gasteiger partial charge < -0.3 is 10.2 Å². The topological polar surface area (TPSA) is 15.3 Å². The molecule has 0 aromatic carbocycles. The smallest absolute Gasteiger partial charge is 0 e. The quantitative estimate of drug-likeness (QED) is 0.591. The molecular weight excluding hydrogens is 124 g/mol. The van der Waals surface area contributed by atoms with E-state index < -0.39 is 0 Å². The van der Waals surface area contributed by atoms with Gasteiger partial charge in [-0.05, 0) is 52.5 Å². The molecule has 0 radical (unpaired) electrons. The van der Waals surface area contributed by atoms with Gasteiger partial charge in [0.2, 0.25) is 0 Å². The lowest BCUT2D eigenvalue weighted by Crippen LogP contribution is -2.23. The number of hydrogen-bond acceptors (Lipinski definition) is 2. The third-order valence-electron chi connectivity index (χ3n) is 2.10. The van der Waals surface area contributed by atoms with Crippen molar-refractivity contribution in [1.29, 1.82) is 0 Å². The monoisotopic (exact) mass is 144 g/mol. The fourth-order valence-corrected chi connectivity index (χ4v) is 1.49. The highest BCUT2D eigenvalue weighted by Gasteiger charge is 2.09. The minimum atomic E-state index is 0. The van der Waals surface area contributed by atoms with Crippen molar-refractivity contribution in [3.8, 4) is 0 Å². The van der Waals surface area contributed by atoms with Crippen LogP contribution in [-0.4, -0.2) is 38.1 Å². The summed E-state index contributed by atoms with van der Waals surface area (Å²) in [4.78, 5) is 2.55. The van der Waals surface area contributed by atoms with E-state index in [4.69, 9.17) is 0 Å². The van der Waals surface area contributed by atoms with Gasteiger partial charge in [0.05, 0.1) is 0 Å². The van der Waals surface area contributed by atoms with Crippen LogP contribution in [0.5, 0.6) is 0 Å². The van der Waals surface area contributed by atoms with Crippen LogP contribution < -0.4 is 5.32 Å². The van der Waals surface area contributed by atoms with E-state index in [1.54, 1.807) is 0 Å².